The summed E-state index contributed by atoms with van der Waals surface area (Å²) in [7, 11) is 0. The molecule has 0 radical (unpaired) electrons. The highest BCUT2D eigenvalue weighted by molar-refractivity contribution is 7.14. The van der Waals surface area contributed by atoms with Crippen molar-refractivity contribution in [1.29, 1.82) is 0 Å². The molecule has 4 aromatic rings. The summed E-state index contributed by atoms with van der Waals surface area (Å²) in [5.74, 6) is -0.0899. The number of hydrogen-bond acceptors (Lipinski definition) is 4. The minimum absolute atomic E-state index is 0.0899. The van der Waals surface area contributed by atoms with Crippen LogP contribution in [-0.2, 0) is 11.2 Å². The summed E-state index contributed by atoms with van der Waals surface area (Å²) in [6.45, 7) is 2.05. The van der Waals surface area contributed by atoms with Crippen LogP contribution in [0.4, 0.5) is 5.13 Å². The first-order chi connectivity index (χ1) is 12.7. The van der Waals surface area contributed by atoms with E-state index in [1.54, 1.807) is 6.20 Å². The number of thiazole rings is 1. The number of fused-ring (bicyclic) bond motifs is 1. The van der Waals surface area contributed by atoms with E-state index in [0.29, 0.717) is 5.13 Å². The zero-order chi connectivity index (χ0) is 17.9. The Kier molecular flexibility index (Phi) is 4.46. The summed E-state index contributed by atoms with van der Waals surface area (Å²) in [5, 5.41) is 6.50. The molecule has 0 spiro atoms. The van der Waals surface area contributed by atoms with Crippen molar-refractivity contribution in [3.8, 4) is 11.3 Å². The molecule has 0 fully saturated rings. The Balaban J connectivity index is 1.49. The van der Waals surface area contributed by atoms with Gasteiger partial charge in [0.05, 0.1) is 17.6 Å². The number of anilines is 1. The number of pyridine rings is 1. The lowest BCUT2D eigenvalue weighted by Gasteiger charge is -2.05. The Bertz CT molecular complexity index is 1060. The van der Waals surface area contributed by atoms with Gasteiger partial charge in [0.25, 0.3) is 0 Å². The van der Waals surface area contributed by atoms with E-state index in [9.17, 15) is 4.79 Å². The van der Waals surface area contributed by atoms with Gasteiger partial charge in [0.2, 0.25) is 5.91 Å². The monoisotopic (exact) mass is 359 g/mol. The second-order valence-corrected chi connectivity index (χ2v) is 6.98. The molecule has 2 heterocycles. The van der Waals surface area contributed by atoms with E-state index in [1.165, 1.54) is 16.9 Å². The zero-order valence-electron chi connectivity index (χ0n) is 14.3. The first kappa shape index (κ1) is 16.4. The maximum Gasteiger partial charge on any atom is 0.230 e. The maximum absolute atomic E-state index is 12.4. The van der Waals surface area contributed by atoms with Gasteiger partial charge in [-0.05, 0) is 18.6 Å². The fraction of sp³-hybridized carbons (Fsp3) is 0.0952. The fourth-order valence-corrected chi connectivity index (χ4v) is 3.57. The van der Waals surface area contributed by atoms with Gasteiger partial charge >= 0.3 is 0 Å². The lowest BCUT2D eigenvalue weighted by molar-refractivity contribution is -0.115. The predicted octanol–water partition coefficient (Wildman–Crippen LogP) is 4.85. The first-order valence-electron chi connectivity index (χ1n) is 8.34. The Morgan fingerprint density at radius 1 is 1.08 bits per heavy atom. The normalized spacial score (nSPS) is 10.8. The summed E-state index contributed by atoms with van der Waals surface area (Å²) in [4.78, 5) is 21.4. The van der Waals surface area contributed by atoms with Crippen LogP contribution < -0.4 is 5.32 Å². The van der Waals surface area contributed by atoms with Gasteiger partial charge in [-0.2, -0.15) is 0 Å². The summed E-state index contributed by atoms with van der Waals surface area (Å²) < 4.78 is 0. The lowest BCUT2D eigenvalue weighted by Crippen LogP contribution is -2.14. The van der Waals surface area contributed by atoms with Crippen molar-refractivity contribution in [3.63, 3.8) is 0 Å². The maximum atomic E-state index is 12.4. The second-order valence-electron chi connectivity index (χ2n) is 6.12. The molecule has 4 nitrogen and oxygen atoms in total. The molecule has 0 aliphatic heterocycles. The molecule has 0 atom stereocenters. The minimum atomic E-state index is -0.0899. The van der Waals surface area contributed by atoms with Crippen molar-refractivity contribution in [2.24, 2.45) is 0 Å². The van der Waals surface area contributed by atoms with Crippen molar-refractivity contribution >= 4 is 33.3 Å². The molecule has 0 saturated carbocycles. The average molecular weight is 359 g/mol. The van der Waals surface area contributed by atoms with Crippen LogP contribution >= 0.6 is 11.3 Å². The molecule has 4 rings (SSSR count). The second kappa shape index (κ2) is 7.06. The molecule has 0 bridgehead atoms. The van der Waals surface area contributed by atoms with E-state index in [0.717, 1.165) is 27.7 Å². The van der Waals surface area contributed by atoms with Gasteiger partial charge < -0.3 is 5.32 Å². The zero-order valence-corrected chi connectivity index (χ0v) is 15.1. The van der Waals surface area contributed by atoms with Crippen LogP contribution in [0.25, 0.3) is 22.2 Å². The van der Waals surface area contributed by atoms with Gasteiger partial charge in [-0.1, -0.05) is 54.1 Å². The molecule has 1 N–H and O–H groups in total. The van der Waals surface area contributed by atoms with Crippen molar-refractivity contribution in [1.82, 2.24) is 9.97 Å². The lowest BCUT2D eigenvalue weighted by atomic mass is 10.1. The predicted molar refractivity (Wildman–Crippen MR) is 106 cm³/mol. The number of aromatic nitrogens is 2. The third-order valence-electron chi connectivity index (χ3n) is 4.17. The highest BCUT2D eigenvalue weighted by Crippen LogP contribution is 2.25. The standard InChI is InChI=1S/C21H17N3OS/c1-14-7-9-15(10-8-14)18-13-26-21(23-18)24-19(25)12-17-5-2-4-16-6-3-11-22-20(16)17/h2-11,13H,12H2,1H3,(H,23,24,25). The third-order valence-corrected chi connectivity index (χ3v) is 4.92. The number of nitrogens with zero attached hydrogens (tertiary/aromatic N) is 2. The molecule has 0 aliphatic carbocycles. The minimum Gasteiger partial charge on any atom is -0.302 e. The van der Waals surface area contributed by atoms with Gasteiger partial charge in [0.15, 0.2) is 5.13 Å². The van der Waals surface area contributed by atoms with Gasteiger partial charge in [0.1, 0.15) is 0 Å². The van der Waals surface area contributed by atoms with E-state index >= 15 is 0 Å². The molecule has 5 heteroatoms. The van der Waals surface area contributed by atoms with Crippen LogP contribution in [0.1, 0.15) is 11.1 Å². The van der Waals surface area contributed by atoms with E-state index in [-0.39, 0.29) is 12.3 Å². The summed E-state index contributed by atoms with van der Waals surface area (Å²) in [6, 6.07) is 18.0. The summed E-state index contributed by atoms with van der Waals surface area (Å²) >= 11 is 1.43. The molecule has 128 valence electrons. The van der Waals surface area contributed by atoms with Gasteiger partial charge in [0, 0.05) is 22.5 Å². The third kappa shape index (κ3) is 3.48. The van der Waals surface area contributed by atoms with Crippen molar-refractivity contribution in [3.05, 3.63) is 77.3 Å². The molecule has 1 amide bonds. The van der Waals surface area contributed by atoms with Crippen LogP contribution in [0.15, 0.2) is 66.2 Å². The number of amides is 1. The molecule has 2 aromatic carbocycles. The largest absolute Gasteiger partial charge is 0.302 e. The van der Waals surface area contributed by atoms with Crippen LogP contribution in [0.2, 0.25) is 0 Å². The Morgan fingerprint density at radius 3 is 2.73 bits per heavy atom. The molecule has 0 unspecified atom stereocenters. The Labute approximate surface area is 155 Å². The van der Waals surface area contributed by atoms with Crippen LogP contribution in [-0.4, -0.2) is 15.9 Å². The molecule has 0 saturated heterocycles. The molecular weight excluding hydrogens is 342 g/mol. The summed E-state index contributed by atoms with van der Waals surface area (Å²) in [6.07, 6.45) is 2.02. The molecule has 2 aromatic heterocycles. The highest BCUT2D eigenvalue weighted by Gasteiger charge is 2.11. The quantitative estimate of drug-likeness (QED) is 0.567. The van der Waals surface area contributed by atoms with E-state index in [4.69, 9.17) is 0 Å². The van der Waals surface area contributed by atoms with Crippen LogP contribution in [0.3, 0.4) is 0 Å². The number of aryl methyl sites for hydroxylation is 1. The van der Waals surface area contributed by atoms with E-state index < -0.39 is 0 Å². The number of benzene rings is 2. The fourth-order valence-electron chi connectivity index (χ4n) is 2.83. The Hall–Kier alpha value is -3.05. The number of carbonyl (C=O) groups is 1. The van der Waals surface area contributed by atoms with Crippen LogP contribution in [0.5, 0.6) is 0 Å². The Morgan fingerprint density at radius 2 is 1.88 bits per heavy atom. The first-order valence-corrected chi connectivity index (χ1v) is 9.22. The van der Waals surface area contributed by atoms with Gasteiger partial charge in [-0.15, -0.1) is 11.3 Å². The smallest absolute Gasteiger partial charge is 0.230 e. The number of rotatable bonds is 4. The molecule has 26 heavy (non-hydrogen) atoms. The number of nitrogens with one attached hydrogen (secondary N) is 1. The number of carbonyl (C=O) groups excluding carboxylic acids is 1. The van der Waals surface area contributed by atoms with Crippen LogP contribution in [0, 0.1) is 6.92 Å². The van der Waals surface area contributed by atoms with Gasteiger partial charge in [-0.3, -0.25) is 9.78 Å². The van der Waals surface area contributed by atoms with E-state index in [2.05, 4.69) is 34.3 Å². The number of para-hydroxylation sites is 1. The summed E-state index contributed by atoms with van der Waals surface area (Å²) in [5.41, 5.74) is 4.91. The molecular formula is C21H17N3OS. The van der Waals surface area contributed by atoms with Crippen molar-refractivity contribution in [2.75, 3.05) is 5.32 Å². The van der Waals surface area contributed by atoms with E-state index in [1.807, 2.05) is 47.8 Å². The van der Waals surface area contributed by atoms with Crippen molar-refractivity contribution in [2.45, 2.75) is 13.3 Å². The van der Waals surface area contributed by atoms with Gasteiger partial charge in [-0.25, -0.2) is 4.98 Å². The molecule has 0 aliphatic rings. The SMILES string of the molecule is Cc1ccc(-c2csc(NC(=O)Cc3cccc4cccnc34)n2)cc1. The average Bonchev–Trinajstić information content (AvgIpc) is 3.11. The highest BCUT2D eigenvalue weighted by atomic mass is 32.1. The topological polar surface area (TPSA) is 54.9 Å². The number of hydrogen-bond donors (Lipinski definition) is 1. The van der Waals surface area contributed by atoms with Crippen molar-refractivity contribution < 1.29 is 4.79 Å².